The monoisotopic (exact) mass is 141 g/mol. The second-order valence-corrected chi connectivity index (χ2v) is 3.06. The van der Waals surface area contributed by atoms with Crippen LogP contribution in [0.25, 0.3) is 0 Å². The van der Waals surface area contributed by atoms with Gasteiger partial charge in [-0.2, -0.15) is 0 Å². The summed E-state index contributed by atoms with van der Waals surface area (Å²) in [6, 6.07) is 0. The van der Waals surface area contributed by atoms with Crippen molar-refractivity contribution in [2.75, 3.05) is 0 Å². The highest BCUT2D eigenvalue weighted by Crippen LogP contribution is 2.21. The smallest absolute Gasteiger partial charge is 0.0610 e. The molecule has 0 aliphatic heterocycles. The predicted octanol–water partition coefficient (Wildman–Crippen LogP) is 2.56. The molecule has 1 aliphatic carbocycles. The normalized spacial score (nSPS) is 23.4. The van der Waals surface area contributed by atoms with Crippen LogP contribution in [0.15, 0.2) is 0 Å². The molecule has 1 radical (unpaired) electrons. The highest BCUT2D eigenvalue weighted by Gasteiger charge is 2.17. The SMILES string of the molecule is CCC(C)OC1[CH]CCC1. The number of ether oxygens (including phenoxy) is 1. The van der Waals surface area contributed by atoms with Crippen LogP contribution < -0.4 is 0 Å². The summed E-state index contributed by atoms with van der Waals surface area (Å²) in [4.78, 5) is 0. The van der Waals surface area contributed by atoms with Crippen LogP contribution in [0, 0.1) is 6.42 Å². The fourth-order valence-electron chi connectivity index (χ4n) is 1.26. The molecule has 1 aliphatic rings. The molecule has 1 heteroatoms. The quantitative estimate of drug-likeness (QED) is 0.587. The van der Waals surface area contributed by atoms with E-state index in [0.29, 0.717) is 12.2 Å². The van der Waals surface area contributed by atoms with Crippen molar-refractivity contribution in [3.05, 3.63) is 6.42 Å². The van der Waals surface area contributed by atoms with Gasteiger partial charge in [0.2, 0.25) is 0 Å². The Hall–Kier alpha value is -0.0400. The van der Waals surface area contributed by atoms with Gasteiger partial charge in [0.1, 0.15) is 0 Å². The van der Waals surface area contributed by atoms with E-state index in [4.69, 9.17) is 4.74 Å². The summed E-state index contributed by atoms with van der Waals surface area (Å²) >= 11 is 0. The van der Waals surface area contributed by atoms with Crippen molar-refractivity contribution in [3.8, 4) is 0 Å². The van der Waals surface area contributed by atoms with Crippen LogP contribution in [-0.4, -0.2) is 12.2 Å². The Bertz CT molecular complexity index is 84.7. The lowest BCUT2D eigenvalue weighted by atomic mass is 10.2. The molecule has 0 aromatic rings. The Morgan fingerprint density at radius 1 is 1.70 bits per heavy atom. The van der Waals surface area contributed by atoms with Crippen molar-refractivity contribution in [1.29, 1.82) is 0 Å². The van der Waals surface area contributed by atoms with E-state index in [0.717, 1.165) is 6.42 Å². The minimum Gasteiger partial charge on any atom is -0.375 e. The van der Waals surface area contributed by atoms with Crippen LogP contribution in [0.1, 0.15) is 39.5 Å². The van der Waals surface area contributed by atoms with Crippen molar-refractivity contribution in [3.63, 3.8) is 0 Å². The van der Waals surface area contributed by atoms with E-state index >= 15 is 0 Å². The summed E-state index contributed by atoms with van der Waals surface area (Å²) in [5.74, 6) is 0. The first-order chi connectivity index (χ1) is 4.83. The second-order valence-electron chi connectivity index (χ2n) is 3.06. The molecule has 0 amide bonds. The minimum absolute atomic E-state index is 0.444. The summed E-state index contributed by atoms with van der Waals surface area (Å²) in [6.07, 6.45) is 8.15. The molecular weight excluding hydrogens is 124 g/mol. The van der Waals surface area contributed by atoms with Gasteiger partial charge in [-0.1, -0.05) is 13.3 Å². The molecule has 1 rings (SSSR count). The maximum absolute atomic E-state index is 5.70. The lowest BCUT2D eigenvalue weighted by molar-refractivity contribution is 0.0181. The van der Waals surface area contributed by atoms with Gasteiger partial charge >= 0.3 is 0 Å². The molecule has 0 heterocycles. The van der Waals surface area contributed by atoms with E-state index in [-0.39, 0.29) is 0 Å². The maximum atomic E-state index is 5.70. The van der Waals surface area contributed by atoms with E-state index < -0.39 is 0 Å². The summed E-state index contributed by atoms with van der Waals surface area (Å²) in [7, 11) is 0. The summed E-state index contributed by atoms with van der Waals surface area (Å²) in [5, 5.41) is 0. The third-order valence-corrected chi connectivity index (χ3v) is 2.10. The zero-order valence-corrected chi connectivity index (χ0v) is 6.97. The van der Waals surface area contributed by atoms with Crippen molar-refractivity contribution < 1.29 is 4.74 Å². The third-order valence-electron chi connectivity index (χ3n) is 2.10. The average Bonchev–Trinajstić information content (AvgIpc) is 2.40. The molecule has 0 spiro atoms. The molecule has 59 valence electrons. The summed E-state index contributed by atoms with van der Waals surface area (Å²) < 4.78 is 5.70. The number of hydrogen-bond donors (Lipinski definition) is 0. The number of rotatable bonds is 3. The van der Waals surface area contributed by atoms with Gasteiger partial charge in [-0.25, -0.2) is 0 Å². The molecule has 0 N–H and O–H groups in total. The molecule has 1 saturated carbocycles. The predicted molar refractivity (Wildman–Crippen MR) is 42.8 cm³/mol. The van der Waals surface area contributed by atoms with Gasteiger partial charge in [0.15, 0.2) is 0 Å². The molecule has 2 atom stereocenters. The van der Waals surface area contributed by atoms with Gasteiger partial charge in [0, 0.05) is 0 Å². The molecule has 0 aromatic heterocycles. The highest BCUT2D eigenvalue weighted by atomic mass is 16.5. The summed E-state index contributed by atoms with van der Waals surface area (Å²) in [5.41, 5.74) is 0. The molecular formula is C9H17O. The Morgan fingerprint density at radius 2 is 2.50 bits per heavy atom. The average molecular weight is 141 g/mol. The Morgan fingerprint density at radius 3 is 3.00 bits per heavy atom. The van der Waals surface area contributed by atoms with Crippen LogP contribution in [0.5, 0.6) is 0 Å². The van der Waals surface area contributed by atoms with E-state index in [9.17, 15) is 0 Å². The molecule has 1 nitrogen and oxygen atoms in total. The van der Waals surface area contributed by atoms with Crippen molar-refractivity contribution in [1.82, 2.24) is 0 Å². The second kappa shape index (κ2) is 3.97. The lowest BCUT2D eigenvalue weighted by Gasteiger charge is -2.15. The Labute approximate surface area is 63.8 Å². The van der Waals surface area contributed by atoms with Crippen molar-refractivity contribution in [2.24, 2.45) is 0 Å². The van der Waals surface area contributed by atoms with E-state index in [2.05, 4.69) is 20.3 Å². The van der Waals surface area contributed by atoms with Crippen molar-refractivity contribution in [2.45, 2.75) is 51.7 Å². The first-order valence-electron chi connectivity index (χ1n) is 4.31. The highest BCUT2D eigenvalue weighted by molar-refractivity contribution is 4.84. The van der Waals surface area contributed by atoms with Gasteiger partial charge in [-0.3, -0.25) is 0 Å². The Kier molecular flexibility index (Phi) is 3.20. The van der Waals surface area contributed by atoms with Gasteiger partial charge in [0.05, 0.1) is 12.2 Å². The zero-order chi connectivity index (χ0) is 7.40. The largest absolute Gasteiger partial charge is 0.375 e. The van der Waals surface area contributed by atoms with Gasteiger partial charge in [-0.15, -0.1) is 0 Å². The third kappa shape index (κ3) is 2.30. The molecule has 10 heavy (non-hydrogen) atoms. The first kappa shape index (κ1) is 8.06. The van der Waals surface area contributed by atoms with Crippen LogP contribution >= 0.6 is 0 Å². The standard InChI is InChI=1S/C9H17O/c1-3-8(2)10-9-6-4-5-7-9/h6,8-9H,3-5,7H2,1-2H3. The first-order valence-corrected chi connectivity index (χ1v) is 4.31. The van der Waals surface area contributed by atoms with Gasteiger partial charge < -0.3 is 4.74 Å². The fraction of sp³-hybridized carbons (Fsp3) is 0.889. The zero-order valence-electron chi connectivity index (χ0n) is 6.97. The van der Waals surface area contributed by atoms with E-state index in [1.807, 2.05) is 0 Å². The Balaban J connectivity index is 2.11. The molecule has 0 bridgehead atoms. The van der Waals surface area contributed by atoms with Gasteiger partial charge in [-0.05, 0) is 32.6 Å². The topological polar surface area (TPSA) is 9.23 Å². The van der Waals surface area contributed by atoms with Crippen LogP contribution in [0.4, 0.5) is 0 Å². The summed E-state index contributed by atoms with van der Waals surface area (Å²) in [6.45, 7) is 4.31. The molecule has 1 fully saturated rings. The molecule has 0 saturated heterocycles. The van der Waals surface area contributed by atoms with Crippen LogP contribution in [0.3, 0.4) is 0 Å². The van der Waals surface area contributed by atoms with Crippen molar-refractivity contribution >= 4 is 0 Å². The fourth-order valence-corrected chi connectivity index (χ4v) is 1.26. The van der Waals surface area contributed by atoms with E-state index in [1.54, 1.807) is 0 Å². The minimum atomic E-state index is 0.444. The lowest BCUT2D eigenvalue weighted by Crippen LogP contribution is -2.16. The number of hydrogen-bond acceptors (Lipinski definition) is 1. The molecule has 0 aromatic carbocycles. The van der Waals surface area contributed by atoms with Crippen LogP contribution in [0.2, 0.25) is 0 Å². The van der Waals surface area contributed by atoms with E-state index in [1.165, 1.54) is 19.3 Å². The van der Waals surface area contributed by atoms with Crippen LogP contribution in [-0.2, 0) is 4.74 Å². The molecule has 2 unspecified atom stereocenters. The maximum Gasteiger partial charge on any atom is 0.0610 e. The van der Waals surface area contributed by atoms with Gasteiger partial charge in [0.25, 0.3) is 0 Å².